The van der Waals surface area contributed by atoms with E-state index in [-0.39, 0.29) is 12.1 Å². The summed E-state index contributed by atoms with van der Waals surface area (Å²) in [5, 5.41) is 2.98. The van der Waals surface area contributed by atoms with Crippen molar-refractivity contribution in [3.05, 3.63) is 24.3 Å². The number of rotatable bonds is 7. The molecule has 6 nitrogen and oxygen atoms in total. The molecule has 1 rings (SSSR count). The van der Waals surface area contributed by atoms with Crippen molar-refractivity contribution in [2.75, 3.05) is 20.1 Å². The molecule has 6 heteroatoms. The van der Waals surface area contributed by atoms with Gasteiger partial charge in [0.1, 0.15) is 6.33 Å². The highest BCUT2D eigenvalue weighted by Gasteiger charge is 2.19. The lowest BCUT2D eigenvalue weighted by Gasteiger charge is -2.31. The molecule has 2 amide bonds. The van der Waals surface area contributed by atoms with E-state index in [1.807, 2.05) is 13.0 Å². The minimum absolute atomic E-state index is 0.0847. The van der Waals surface area contributed by atoms with Gasteiger partial charge in [0.25, 0.3) is 0 Å². The van der Waals surface area contributed by atoms with Gasteiger partial charge in [-0.05, 0) is 40.7 Å². The molecule has 0 fully saturated rings. The Bertz CT molecular complexity index is 441. The van der Waals surface area contributed by atoms with Crippen LogP contribution in [-0.4, -0.2) is 58.0 Å². The minimum atomic E-state index is -0.0886. The molecule has 0 saturated carbocycles. The Labute approximate surface area is 133 Å². The first-order valence-electron chi connectivity index (χ1n) is 7.86. The number of amides is 2. The van der Waals surface area contributed by atoms with Crippen LogP contribution in [-0.2, 0) is 0 Å². The fourth-order valence-corrected chi connectivity index (χ4v) is 2.45. The fourth-order valence-electron chi connectivity index (χ4n) is 2.45. The number of hydrogen-bond acceptors (Lipinski definition) is 4. The predicted octanol–water partition coefficient (Wildman–Crippen LogP) is 2.30. The number of urea groups is 1. The smallest absolute Gasteiger partial charge is 0.317 e. The fraction of sp³-hybridized carbons (Fsp3) is 0.688. The molecule has 0 aromatic carbocycles. The van der Waals surface area contributed by atoms with Crippen molar-refractivity contribution >= 4 is 6.03 Å². The molecule has 0 bridgehead atoms. The van der Waals surface area contributed by atoms with Gasteiger partial charge in [-0.25, -0.2) is 14.8 Å². The van der Waals surface area contributed by atoms with Gasteiger partial charge in [-0.15, -0.1) is 0 Å². The van der Waals surface area contributed by atoms with Crippen molar-refractivity contribution in [1.82, 2.24) is 25.1 Å². The molecule has 0 saturated heterocycles. The van der Waals surface area contributed by atoms with Gasteiger partial charge in [-0.1, -0.05) is 0 Å². The Kier molecular flexibility index (Phi) is 7.24. The van der Waals surface area contributed by atoms with Gasteiger partial charge in [-0.3, -0.25) is 4.90 Å². The van der Waals surface area contributed by atoms with Gasteiger partial charge in [-0.2, -0.15) is 0 Å². The largest absolute Gasteiger partial charge is 0.337 e. The van der Waals surface area contributed by atoms with Crippen LogP contribution in [0.4, 0.5) is 4.79 Å². The Morgan fingerprint density at radius 3 is 2.36 bits per heavy atom. The second-order valence-corrected chi connectivity index (χ2v) is 6.08. The Hall–Kier alpha value is -1.69. The number of carbonyl (C=O) groups excluding carboxylic acids is 1. The van der Waals surface area contributed by atoms with Crippen molar-refractivity contribution < 1.29 is 4.79 Å². The lowest BCUT2D eigenvalue weighted by atomic mass is 10.2. The first-order chi connectivity index (χ1) is 10.3. The molecule has 1 unspecified atom stereocenters. The first kappa shape index (κ1) is 18.4. The molecule has 0 radical (unpaired) electrons. The lowest BCUT2D eigenvalue weighted by Crippen LogP contribution is -2.45. The van der Waals surface area contributed by atoms with E-state index in [4.69, 9.17) is 0 Å². The first-order valence-corrected chi connectivity index (χ1v) is 7.86. The van der Waals surface area contributed by atoms with E-state index in [9.17, 15) is 4.79 Å². The van der Waals surface area contributed by atoms with Gasteiger partial charge < -0.3 is 10.2 Å². The zero-order valence-electron chi connectivity index (χ0n) is 14.6. The zero-order valence-corrected chi connectivity index (χ0v) is 14.6. The molecule has 1 aromatic rings. The van der Waals surface area contributed by atoms with E-state index in [2.05, 4.69) is 47.9 Å². The van der Waals surface area contributed by atoms with Gasteiger partial charge in [0.05, 0.1) is 11.7 Å². The molecule has 0 spiro atoms. The molecular weight excluding hydrogens is 278 g/mol. The standard InChI is InChI=1S/C16H29N5O/c1-12(2)21(13(3)4)10-9-18-16(22)20(6)14(5)15-7-8-17-11-19-15/h7-8,11-14H,9-10H2,1-6H3,(H,18,22). The third-order valence-electron chi connectivity index (χ3n) is 3.91. The second kappa shape index (κ2) is 8.68. The van der Waals surface area contributed by atoms with Gasteiger partial charge in [0.2, 0.25) is 0 Å². The second-order valence-electron chi connectivity index (χ2n) is 6.08. The number of carbonyl (C=O) groups is 1. The van der Waals surface area contributed by atoms with E-state index < -0.39 is 0 Å². The van der Waals surface area contributed by atoms with Crippen LogP contribution in [0.15, 0.2) is 18.6 Å². The van der Waals surface area contributed by atoms with Crippen LogP contribution in [0, 0.1) is 0 Å². The van der Waals surface area contributed by atoms with Crippen LogP contribution in [0.25, 0.3) is 0 Å². The number of nitrogens with one attached hydrogen (secondary N) is 1. The van der Waals surface area contributed by atoms with Crippen molar-refractivity contribution in [1.29, 1.82) is 0 Å². The van der Waals surface area contributed by atoms with Crippen molar-refractivity contribution in [2.24, 2.45) is 0 Å². The Balaban J connectivity index is 2.48. The quantitative estimate of drug-likeness (QED) is 0.839. The van der Waals surface area contributed by atoms with Crippen molar-refractivity contribution in [3.8, 4) is 0 Å². The van der Waals surface area contributed by atoms with Crippen LogP contribution in [0.5, 0.6) is 0 Å². The van der Waals surface area contributed by atoms with Gasteiger partial charge >= 0.3 is 6.03 Å². The molecule has 0 aliphatic heterocycles. The third kappa shape index (κ3) is 5.26. The SMILES string of the molecule is CC(c1ccncn1)N(C)C(=O)NCCN(C(C)C)C(C)C. The maximum atomic E-state index is 12.2. The summed E-state index contributed by atoms with van der Waals surface area (Å²) < 4.78 is 0. The molecule has 0 aliphatic carbocycles. The summed E-state index contributed by atoms with van der Waals surface area (Å²) in [5.41, 5.74) is 0.832. The highest BCUT2D eigenvalue weighted by molar-refractivity contribution is 5.74. The maximum Gasteiger partial charge on any atom is 0.317 e. The van der Waals surface area contributed by atoms with E-state index in [1.54, 1.807) is 18.1 Å². The van der Waals surface area contributed by atoms with Crippen LogP contribution in [0.1, 0.15) is 46.4 Å². The molecule has 0 aliphatic rings. The summed E-state index contributed by atoms with van der Waals surface area (Å²) in [4.78, 5) is 24.3. The predicted molar refractivity (Wildman–Crippen MR) is 88.6 cm³/mol. The molecule has 1 N–H and O–H groups in total. The molecule has 1 heterocycles. The lowest BCUT2D eigenvalue weighted by molar-refractivity contribution is 0.167. The summed E-state index contributed by atoms with van der Waals surface area (Å²) in [6, 6.07) is 2.59. The van der Waals surface area contributed by atoms with E-state index in [0.717, 1.165) is 12.2 Å². The number of hydrogen-bond donors (Lipinski definition) is 1. The molecule has 1 aromatic heterocycles. The van der Waals surface area contributed by atoms with Crippen LogP contribution in [0.2, 0.25) is 0 Å². The highest BCUT2D eigenvalue weighted by Crippen LogP contribution is 2.15. The Morgan fingerprint density at radius 2 is 1.86 bits per heavy atom. The van der Waals surface area contributed by atoms with Crippen LogP contribution in [0.3, 0.4) is 0 Å². The Morgan fingerprint density at radius 1 is 1.23 bits per heavy atom. The van der Waals surface area contributed by atoms with Crippen molar-refractivity contribution in [3.63, 3.8) is 0 Å². The van der Waals surface area contributed by atoms with Gasteiger partial charge in [0.15, 0.2) is 0 Å². The molecule has 1 atom stereocenters. The average Bonchev–Trinajstić information content (AvgIpc) is 2.49. The third-order valence-corrected chi connectivity index (χ3v) is 3.91. The summed E-state index contributed by atoms with van der Waals surface area (Å²) in [6.07, 6.45) is 3.19. The molecule has 22 heavy (non-hydrogen) atoms. The van der Waals surface area contributed by atoms with Crippen LogP contribution < -0.4 is 5.32 Å². The van der Waals surface area contributed by atoms with Crippen LogP contribution >= 0.6 is 0 Å². The monoisotopic (exact) mass is 307 g/mol. The summed E-state index contributed by atoms with van der Waals surface area (Å²) in [5.74, 6) is 0. The topological polar surface area (TPSA) is 61.4 Å². The summed E-state index contributed by atoms with van der Waals surface area (Å²) in [6.45, 7) is 12.1. The number of aromatic nitrogens is 2. The average molecular weight is 307 g/mol. The number of nitrogens with zero attached hydrogens (tertiary/aromatic N) is 4. The van der Waals surface area contributed by atoms with Crippen molar-refractivity contribution in [2.45, 2.75) is 52.7 Å². The normalized spacial score (nSPS) is 12.8. The van der Waals surface area contributed by atoms with E-state index in [0.29, 0.717) is 18.6 Å². The van der Waals surface area contributed by atoms with E-state index in [1.165, 1.54) is 6.33 Å². The maximum absolute atomic E-state index is 12.2. The summed E-state index contributed by atoms with van der Waals surface area (Å²) in [7, 11) is 1.78. The van der Waals surface area contributed by atoms with Gasteiger partial charge in [0, 0.05) is 38.4 Å². The molecular formula is C16H29N5O. The van der Waals surface area contributed by atoms with E-state index >= 15 is 0 Å². The highest BCUT2D eigenvalue weighted by atomic mass is 16.2. The summed E-state index contributed by atoms with van der Waals surface area (Å²) >= 11 is 0. The zero-order chi connectivity index (χ0) is 16.7. The minimum Gasteiger partial charge on any atom is -0.337 e. The molecule has 124 valence electrons.